The molecule has 3 aromatic rings. The van der Waals surface area contributed by atoms with E-state index in [2.05, 4.69) is 19.3 Å². The van der Waals surface area contributed by atoms with E-state index >= 15 is 0 Å². The maximum Gasteiger partial charge on any atom is 0.481 e. The molecule has 3 aromatic heterocycles. The van der Waals surface area contributed by atoms with E-state index in [1.807, 2.05) is 0 Å². The second-order valence-corrected chi connectivity index (χ2v) is 14.9. The first-order chi connectivity index (χ1) is 22.4. The van der Waals surface area contributed by atoms with Gasteiger partial charge < -0.3 is 55.8 Å². The molecule has 5 rings (SSSR count). The monoisotopic (exact) mass is 760 g/mol. The van der Waals surface area contributed by atoms with Crippen molar-refractivity contribution in [2.45, 2.75) is 49.1 Å². The Hall–Kier alpha value is -2.44. The Bertz CT molecular complexity index is 1820. The molecule has 10 atom stereocenters. The number of imidazole rings is 1. The zero-order valence-electron chi connectivity index (χ0n) is 23.9. The fourth-order valence-electron chi connectivity index (χ4n) is 4.83. The SMILES string of the molecule is NC(=S)c1ccc[n+]([C@@H]2O[C@@H](COP(=O)(O)OP(=O)(O)OC[C@H]3O[C@@H](n4cnc5c(N)ncnc54)[C@H](OP(=O)(O)O)C3O)C(O)C2O)c1. The second-order valence-electron chi connectivity index (χ2n) is 10.3. The average molecular weight is 760 g/mol. The molecule has 11 N–H and O–H groups in total. The van der Waals surface area contributed by atoms with E-state index in [1.54, 1.807) is 12.1 Å². The van der Waals surface area contributed by atoms with Crippen LogP contribution in [0.15, 0.2) is 37.2 Å². The molecular weight excluding hydrogens is 731 g/mol. The summed E-state index contributed by atoms with van der Waals surface area (Å²) in [6.07, 6.45) is -7.76. The Kier molecular flexibility index (Phi) is 10.8. The van der Waals surface area contributed by atoms with Crippen LogP contribution in [-0.2, 0) is 41.1 Å². The number of aliphatic hydroxyl groups excluding tert-OH is 3. The number of thiocarbonyl (C=S) groups is 1. The van der Waals surface area contributed by atoms with Crippen molar-refractivity contribution in [2.75, 3.05) is 18.9 Å². The zero-order valence-corrected chi connectivity index (χ0v) is 27.4. The molecule has 0 radical (unpaired) electrons. The Morgan fingerprint density at radius 2 is 1.62 bits per heavy atom. The van der Waals surface area contributed by atoms with E-state index < -0.39 is 85.8 Å². The zero-order chi connectivity index (χ0) is 35.2. The van der Waals surface area contributed by atoms with Gasteiger partial charge in [-0.3, -0.25) is 18.1 Å². The van der Waals surface area contributed by atoms with E-state index in [4.69, 9.17) is 46.7 Å². The van der Waals surface area contributed by atoms with Gasteiger partial charge in [-0.25, -0.2) is 28.6 Å². The van der Waals surface area contributed by atoms with Gasteiger partial charge in [0.2, 0.25) is 0 Å². The number of aromatic nitrogens is 5. The van der Waals surface area contributed by atoms with Crippen molar-refractivity contribution in [3.8, 4) is 0 Å². The third kappa shape index (κ3) is 8.29. The molecule has 0 amide bonds. The first-order valence-electron chi connectivity index (χ1n) is 13.3. The van der Waals surface area contributed by atoms with Crippen LogP contribution >= 0.6 is 35.7 Å². The Morgan fingerprint density at radius 3 is 2.25 bits per heavy atom. The smallest absolute Gasteiger partial charge is 0.389 e. The Morgan fingerprint density at radius 1 is 0.979 bits per heavy atom. The number of pyridine rings is 1. The van der Waals surface area contributed by atoms with Crippen molar-refractivity contribution in [2.24, 2.45) is 5.73 Å². The van der Waals surface area contributed by atoms with Crippen LogP contribution in [0.5, 0.6) is 0 Å². The van der Waals surface area contributed by atoms with Crippen LogP contribution in [-0.4, -0.2) is 109 Å². The quantitative estimate of drug-likeness (QED) is 0.0499. The highest BCUT2D eigenvalue weighted by Gasteiger charge is 2.51. The van der Waals surface area contributed by atoms with Gasteiger partial charge in [-0.1, -0.05) is 12.2 Å². The minimum absolute atomic E-state index is 0.0112. The number of nitrogens with two attached hydrogens (primary N) is 2. The van der Waals surface area contributed by atoms with Crippen LogP contribution < -0.4 is 16.0 Å². The van der Waals surface area contributed by atoms with Crippen molar-refractivity contribution >= 4 is 57.7 Å². The van der Waals surface area contributed by atoms with Gasteiger partial charge in [0.15, 0.2) is 36.2 Å². The highest BCUT2D eigenvalue weighted by atomic mass is 32.1. The Balaban J connectivity index is 1.21. The number of hydrogen-bond donors (Lipinski definition) is 9. The topological polar surface area (TPSA) is 348 Å². The lowest BCUT2D eigenvalue weighted by molar-refractivity contribution is -0.765. The number of aliphatic hydroxyl groups is 3. The van der Waals surface area contributed by atoms with Gasteiger partial charge in [0.25, 0.3) is 6.23 Å². The molecule has 48 heavy (non-hydrogen) atoms. The molecule has 2 saturated heterocycles. The summed E-state index contributed by atoms with van der Waals surface area (Å²) in [6.45, 7) is -1.98. The first-order valence-corrected chi connectivity index (χ1v) is 18.3. The van der Waals surface area contributed by atoms with Crippen molar-refractivity contribution in [1.29, 1.82) is 0 Å². The van der Waals surface area contributed by atoms with E-state index in [0.29, 0.717) is 5.56 Å². The van der Waals surface area contributed by atoms with Crippen molar-refractivity contribution in [1.82, 2.24) is 19.5 Å². The summed E-state index contributed by atoms with van der Waals surface area (Å²) in [4.78, 5) is 50.8. The molecule has 264 valence electrons. The molecule has 0 saturated carbocycles. The first kappa shape index (κ1) is 36.8. The maximum absolute atomic E-state index is 12.6. The summed E-state index contributed by atoms with van der Waals surface area (Å²) in [7, 11) is -16.2. The molecule has 2 fully saturated rings. The highest BCUT2D eigenvalue weighted by Crippen LogP contribution is 2.61. The number of phosphoric ester groups is 3. The number of hydrogen-bond acceptors (Lipinski definition) is 17. The maximum atomic E-state index is 12.6. The highest BCUT2D eigenvalue weighted by molar-refractivity contribution is 7.80. The fourth-order valence-corrected chi connectivity index (χ4v) is 7.59. The van der Waals surface area contributed by atoms with Gasteiger partial charge in [-0.2, -0.15) is 8.88 Å². The molecule has 2 aliphatic heterocycles. The summed E-state index contributed by atoms with van der Waals surface area (Å²) >= 11 is 4.92. The third-order valence-corrected chi connectivity index (χ3v) is 10.3. The van der Waals surface area contributed by atoms with Crippen LogP contribution in [0.2, 0.25) is 0 Å². The lowest BCUT2D eigenvalue weighted by atomic mass is 10.1. The minimum atomic E-state index is -5.50. The van der Waals surface area contributed by atoms with Gasteiger partial charge in [0.1, 0.15) is 47.4 Å². The molecule has 0 aliphatic carbocycles. The largest absolute Gasteiger partial charge is 0.481 e. The number of phosphoric acid groups is 3. The Labute approximate surface area is 274 Å². The van der Waals surface area contributed by atoms with Crippen LogP contribution in [0.1, 0.15) is 18.0 Å². The van der Waals surface area contributed by atoms with E-state index in [1.165, 1.54) is 17.0 Å². The molecular formula is C21H29N7O16P3S+. The lowest BCUT2D eigenvalue weighted by Crippen LogP contribution is -2.46. The molecule has 5 unspecified atom stereocenters. The fraction of sp³-hybridized carbons (Fsp3) is 0.476. The third-order valence-electron chi connectivity index (χ3n) is 6.98. The summed E-state index contributed by atoms with van der Waals surface area (Å²) < 4.78 is 68.7. The van der Waals surface area contributed by atoms with Crippen LogP contribution in [0.4, 0.5) is 5.82 Å². The molecule has 0 bridgehead atoms. The van der Waals surface area contributed by atoms with Gasteiger partial charge in [-0.05, 0) is 6.07 Å². The molecule has 23 nitrogen and oxygen atoms in total. The van der Waals surface area contributed by atoms with Crippen molar-refractivity contribution in [3.63, 3.8) is 0 Å². The summed E-state index contributed by atoms with van der Waals surface area (Å²) in [6, 6.07) is 3.13. The normalized spacial score (nSPS) is 30.3. The number of nitrogens with zero attached hydrogens (tertiary/aromatic N) is 5. The van der Waals surface area contributed by atoms with E-state index in [9.17, 15) is 48.6 Å². The van der Waals surface area contributed by atoms with Crippen LogP contribution in [0.3, 0.4) is 0 Å². The standard InChI is InChI=1S/C21H28N7O16P3S/c22-17-12-19(25-7-24-17)28(8-26-12)21-16(43-45(32,33)34)14(30)11(42-21)6-40-47(37,38)44-46(35,36)39-5-10-13(29)15(31)20(41-10)27-3-1-2-9(4-27)18(23)48/h1-4,7-8,10-11,13-16,20-21,29-31H,5-6H2,(H7-,22,23,24,25,32,33,34,35,36,37,38,48)/p+1/t10-,11+,13?,14?,15?,16+,20+,21+/m0/s1. The predicted molar refractivity (Wildman–Crippen MR) is 158 cm³/mol. The van der Waals surface area contributed by atoms with Crippen molar-refractivity contribution in [3.05, 3.63) is 42.7 Å². The van der Waals surface area contributed by atoms with Crippen LogP contribution in [0, 0.1) is 0 Å². The number of rotatable bonds is 13. The summed E-state index contributed by atoms with van der Waals surface area (Å²) in [5.74, 6) is -0.0510. The van der Waals surface area contributed by atoms with Gasteiger partial charge >= 0.3 is 23.5 Å². The number of ether oxygens (including phenoxy) is 2. The molecule has 2 aliphatic rings. The predicted octanol–water partition coefficient (Wildman–Crippen LogP) is -2.36. The lowest BCUT2D eigenvalue weighted by Gasteiger charge is -2.22. The van der Waals surface area contributed by atoms with Gasteiger partial charge in [0, 0.05) is 6.07 Å². The van der Waals surface area contributed by atoms with Crippen molar-refractivity contribution < 1.29 is 80.5 Å². The number of fused-ring (bicyclic) bond motifs is 1. The van der Waals surface area contributed by atoms with Crippen LogP contribution in [0.25, 0.3) is 11.2 Å². The van der Waals surface area contributed by atoms with Gasteiger partial charge in [-0.15, -0.1) is 0 Å². The number of anilines is 1. The number of nitrogen functional groups attached to an aromatic ring is 1. The molecule has 5 heterocycles. The average Bonchev–Trinajstić information content (AvgIpc) is 3.64. The summed E-state index contributed by atoms with van der Waals surface area (Å²) in [5, 5.41) is 31.6. The molecule has 0 spiro atoms. The molecule has 0 aromatic carbocycles. The van der Waals surface area contributed by atoms with E-state index in [-0.39, 0.29) is 22.0 Å². The summed E-state index contributed by atoms with van der Waals surface area (Å²) in [5.41, 5.74) is 11.9. The minimum Gasteiger partial charge on any atom is -0.389 e. The van der Waals surface area contributed by atoms with Gasteiger partial charge in [0.05, 0.1) is 25.1 Å². The second kappa shape index (κ2) is 14.1. The molecule has 27 heteroatoms. The van der Waals surface area contributed by atoms with E-state index in [0.717, 1.165) is 17.2 Å².